The molecule has 1 aliphatic heterocycles. The number of rotatable bonds is 3. The van der Waals surface area contributed by atoms with Crippen molar-refractivity contribution < 1.29 is 14.7 Å². The summed E-state index contributed by atoms with van der Waals surface area (Å²) >= 11 is 0. The molecule has 1 fully saturated rings. The van der Waals surface area contributed by atoms with Crippen molar-refractivity contribution in [1.29, 1.82) is 0 Å². The van der Waals surface area contributed by atoms with Gasteiger partial charge in [0.1, 0.15) is 5.54 Å². The van der Waals surface area contributed by atoms with Crippen molar-refractivity contribution in [2.24, 2.45) is 0 Å². The Morgan fingerprint density at radius 2 is 2.12 bits per heavy atom. The molecule has 16 heavy (non-hydrogen) atoms. The zero-order valence-corrected chi connectivity index (χ0v) is 10.2. The van der Waals surface area contributed by atoms with Gasteiger partial charge >= 0.3 is 12.0 Å². The second kappa shape index (κ2) is 4.72. The summed E-state index contributed by atoms with van der Waals surface area (Å²) in [5, 5.41) is 9.19. The van der Waals surface area contributed by atoms with Crippen LogP contribution in [0.15, 0.2) is 0 Å². The molecule has 1 unspecified atom stereocenters. The topological polar surface area (TPSA) is 60.9 Å². The summed E-state index contributed by atoms with van der Waals surface area (Å²) in [5.74, 6) is -0.914. The molecule has 5 nitrogen and oxygen atoms in total. The van der Waals surface area contributed by atoms with Crippen molar-refractivity contribution in [3.63, 3.8) is 0 Å². The van der Waals surface area contributed by atoms with E-state index in [4.69, 9.17) is 0 Å². The lowest BCUT2D eigenvalue weighted by Crippen LogP contribution is -2.54. The molecule has 2 amide bonds. The third-order valence-corrected chi connectivity index (χ3v) is 3.22. The van der Waals surface area contributed by atoms with Crippen molar-refractivity contribution in [2.75, 3.05) is 20.1 Å². The molecular formula is C11H20N2O3. The van der Waals surface area contributed by atoms with Crippen LogP contribution in [0.1, 0.15) is 33.1 Å². The third-order valence-electron chi connectivity index (χ3n) is 3.22. The lowest BCUT2D eigenvalue weighted by atomic mass is 10.00. The molecule has 1 aliphatic rings. The minimum absolute atomic E-state index is 0.177. The highest BCUT2D eigenvalue weighted by molar-refractivity contribution is 5.86. The van der Waals surface area contributed by atoms with Crippen LogP contribution in [0, 0.1) is 0 Å². The first kappa shape index (κ1) is 12.8. The van der Waals surface area contributed by atoms with Crippen molar-refractivity contribution in [3.05, 3.63) is 0 Å². The number of likely N-dealkylation sites (tertiary alicyclic amines) is 1. The van der Waals surface area contributed by atoms with Gasteiger partial charge in [0, 0.05) is 20.1 Å². The molecule has 1 rings (SSSR count). The monoisotopic (exact) mass is 228 g/mol. The molecule has 0 radical (unpaired) electrons. The van der Waals surface area contributed by atoms with E-state index < -0.39 is 11.5 Å². The van der Waals surface area contributed by atoms with Gasteiger partial charge < -0.3 is 14.9 Å². The number of carboxylic acids is 1. The number of nitrogens with zero attached hydrogens (tertiary/aromatic N) is 2. The van der Waals surface area contributed by atoms with E-state index in [-0.39, 0.29) is 6.03 Å². The number of urea groups is 1. The first-order chi connectivity index (χ1) is 7.43. The van der Waals surface area contributed by atoms with Crippen LogP contribution in [0.5, 0.6) is 0 Å². The average molecular weight is 228 g/mol. The summed E-state index contributed by atoms with van der Waals surface area (Å²) in [5.41, 5.74) is -1.03. The van der Waals surface area contributed by atoms with E-state index in [1.807, 2.05) is 6.92 Å². The highest BCUT2D eigenvalue weighted by atomic mass is 16.4. The average Bonchev–Trinajstić information content (AvgIpc) is 2.61. The Kier molecular flexibility index (Phi) is 3.78. The van der Waals surface area contributed by atoms with Gasteiger partial charge in [-0.25, -0.2) is 9.59 Å². The molecule has 5 heteroatoms. The zero-order chi connectivity index (χ0) is 12.3. The largest absolute Gasteiger partial charge is 0.480 e. The van der Waals surface area contributed by atoms with Crippen LogP contribution in [0.2, 0.25) is 0 Å². The molecular weight excluding hydrogens is 208 g/mol. The SMILES string of the molecule is CCCN(C)C(=O)N1CCCC1(C)C(=O)O. The Morgan fingerprint density at radius 3 is 2.62 bits per heavy atom. The predicted octanol–water partition coefficient (Wildman–Crippen LogP) is 1.39. The van der Waals surface area contributed by atoms with Gasteiger partial charge in [-0.15, -0.1) is 0 Å². The number of hydrogen-bond acceptors (Lipinski definition) is 2. The molecule has 0 aromatic rings. The summed E-state index contributed by atoms with van der Waals surface area (Å²) in [7, 11) is 1.71. The van der Waals surface area contributed by atoms with Crippen LogP contribution in [0.4, 0.5) is 4.79 Å². The van der Waals surface area contributed by atoms with Gasteiger partial charge in [0.25, 0.3) is 0 Å². The van der Waals surface area contributed by atoms with Gasteiger partial charge in [-0.3, -0.25) is 0 Å². The molecule has 1 heterocycles. The van der Waals surface area contributed by atoms with Gasteiger partial charge in [0.2, 0.25) is 0 Å². The lowest BCUT2D eigenvalue weighted by molar-refractivity contribution is -0.147. The summed E-state index contributed by atoms with van der Waals surface area (Å²) in [6.07, 6.45) is 2.17. The second-order valence-electron chi connectivity index (χ2n) is 4.54. The number of carbonyl (C=O) groups excluding carboxylic acids is 1. The first-order valence-electron chi connectivity index (χ1n) is 5.69. The van der Waals surface area contributed by atoms with E-state index in [2.05, 4.69) is 0 Å². The summed E-state index contributed by atoms with van der Waals surface area (Å²) < 4.78 is 0. The Balaban J connectivity index is 2.79. The molecule has 0 aromatic carbocycles. The van der Waals surface area contributed by atoms with Gasteiger partial charge in [-0.2, -0.15) is 0 Å². The predicted molar refractivity (Wildman–Crippen MR) is 60.3 cm³/mol. The molecule has 0 spiro atoms. The number of carboxylic acid groups (broad SMARTS) is 1. The van der Waals surface area contributed by atoms with Crippen molar-refractivity contribution in [1.82, 2.24) is 9.80 Å². The zero-order valence-electron chi connectivity index (χ0n) is 10.2. The maximum atomic E-state index is 12.0. The Morgan fingerprint density at radius 1 is 1.50 bits per heavy atom. The van der Waals surface area contributed by atoms with E-state index in [1.54, 1.807) is 18.9 Å². The fraction of sp³-hybridized carbons (Fsp3) is 0.818. The Labute approximate surface area is 96.0 Å². The summed E-state index contributed by atoms with van der Waals surface area (Å²) in [6, 6.07) is -0.177. The lowest BCUT2D eigenvalue weighted by Gasteiger charge is -2.34. The third kappa shape index (κ3) is 2.13. The fourth-order valence-electron chi connectivity index (χ4n) is 2.13. The van der Waals surface area contributed by atoms with E-state index in [0.717, 1.165) is 12.8 Å². The second-order valence-corrected chi connectivity index (χ2v) is 4.54. The van der Waals surface area contributed by atoms with Crippen LogP contribution < -0.4 is 0 Å². The van der Waals surface area contributed by atoms with Crippen LogP contribution in [0.3, 0.4) is 0 Å². The molecule has 0 aromatic heterocycles. The first-order valence-corrected chi connectivity index (χ1v) is 5.69. The molecule has 1 N–H and O–H groups in total. The molecule has 92 valence electrons. The maximum Gasteiger partial charge on any atom is 0.329 e. The number of aliphatic carboxylic acids is 1. The highest BCUT2D eigenvalue weighted by Gasteiger charge is 2.46. The minimum atomic E-state index is -1.03. The van der Waals surface area contributed by atoms with Crippen LogP contribution in [-0.2, 0) is 4.79 Å². The normalized spacial score (nSPS) is 24.6. The van der Waals surface area contributed by atoms with E-state index in [9.17, 15) is 14.7 Å². The van der Waals surface area contributed by atoms with Crippen molar-refractivity contribution >= 4 is 12.0 Å². The number of hydrogen-bond donors (Lipinski definition) is 1. The summed E-state index contributed by atoms with van der Waals surface area (Å²) in [4.78, 5) is 26.3. The van der Waals surface area contributed by atoms with Gasteiger partial charge in [0.15, 0.2) is 0 Å². The number of amides is 2. The Bertz CT molecular complexity index is 293. The fourth-order valence-corrected chi connectivity index (χ4v) is 2.13. The summed E-state index contributed by atoms with van der Waals surface area (Å²) in [6.45, 7) is 4.81. The van der Waals surface area contributed by atoms with Gasteiger partial charge in [-0.1, -0.05) is 6.92 Å². The molecule has 1 atom stereocenters. The van der Waals surface area contributed by atoms with Gasteiger partial charge in [-0.05, 0) is 26.2 Å². The highest BCUT2D eigenvalue weighted by Crippen LogP contribution is 2.30. The molecule has 0 bridgehead atoms. The minimum Gasteiger partial charge on any atom is -0.480 e. The maximum absolute atomic E-state index is 12.0. The van der Waals surface area contributed by atoms with Gasteiger partial charge in [0.05, 0.1) is 0 Å². The number of carbonyl (C=O) groups is 2. The van der Waals surface area contributed by atoms with E-state index in [1.165, 1.54) is 4.90 Å². The standard InChI is InChI=1S/C11H20N2O3/c1-4-7-12(3)10(16)13-8-5-6-11(13,2)9(14)15/h4-8H2,1-3H3,(H,14,15). The van der Waals surface area contributed by atoms with Crippen LogP contribution >= 0.6 is 0 Å². The smallest absolute Gasteiger partial charge is 0.329 e. The van der Waals surface area contributed by atoms with Crippen LogP contribution in [-0.4, -0.2) is 52.6 Å². The quantitative estimate of drug-likeness (QED) is 0.794. The van der Waals surface area contributed by atoms with E-state index in [0.29, 0.717) is 19.5 Å². The van der Waals surface area contributed by atoms with Crippen molar-refractivity contribution in [2.45, 2.75) is 38.6 Å². The van der Waals surface area contributed by atoms with Crippen molar-refractivity contribution in [3.8, 4) is 0 Å². The van der Waals surface area contributed by atoms with Crippen LogP contribution in [0.25, 0.3) is 0 Å². The molecule has 0 aliphatic carbocycles. The molecule has 0 saturated carbocycles. The Hall–Kier alpha value is -1.26. The van der Waals surface area contributed by atoms with E-state index >= 15 is 0 Å². The molecule has 1 saturated heterocycles.